The molecule has 0 aliphatic carbocycles. The summed E-state index contributed by atoms with van der Waals surface area (Å²) in [5.41, 5.74) is 8.32. The summed E-state index contributed by atoms with van der Waals surface area (Å²) < 4.78 is 5.87. The van der Waals surface area contributed by atoms with E-state index in [1.165, 1.54) is 0 Å². The van der Waals surface area contributed by atoms with Crippen LogP contribution in [0.15, 0.2) is 47.6 Å². The summed E-state index contributed by atoms with van der Waals surface area (Å²) >= 11 is 0. The Morgan fingerprint density at radius 2 is 1.63 bits per heavy atom. The Morgan fingerprint density at radius 3 is 2.16 bits per heavy atom. The number of nitrogens with two attached hydrogens (primary N) is 1. The van der Waals surface area contributed by atoms with Gasteiger partial charge in [-0.3, -0.25) is 0 Å². The fraction of sp³-hybridized carbons (Fsp3) is 0.133. The summed E-state index contributed by atoms with van der Waals surface area (Å²) in [5, 5.41) is 11.6. The molecule has 0 unspecified atom stereocenters. The Bertz CT molecular complexity index is 584. The molecule has 0 aliphatic rings. The first-order valence-electron chi connectivity index (χ1n) is 5.94. The molecule has 0 amide bonds. The van der Waals surface area contributed by atoms with E-state index in [1.54, 1.807) is 24.3 Å². The highest BCUT2D eigenvalue weighted by molar-refractivity contribution is 5.97. The second kappa shape index (κ2) is 5.44. The first kappa shape index (κ1) is 13.0. The van der Waals surface area contributed by atoms with Crippen LogP contribution in [0.1, 0.15) is 16.7 Å². The third-order valence-corrected chi connectivity index (χ3v) is 2.89. The Hall–Kier alpha value is -2.49. The van der Waals surface area contributed by atoms with Crippen LogP contribution in [0.2, 0.25) is 0 Å². The molecule has 2 aromatic carbocycles. The van der Waals surface area contributed by atoms with Gasteiger partial charge in [0.2, 0.25) is 0 Å². The zero-order valence-corrected chi connectivity index (χ0v) is 10.9. The number of benzene rings is 2. The van der Waals surface area contributed by atoms with E-state index in [0.29, 0.717) is 11.3 Å². The zero-order valence-electron chi connectivity index (χ0n) is 10.9. The molecule has 0 fully saturated rings. The van der Waals surface area contributed by atoms with Crippen molar-refractivity contribution in [2.24, 2.45) is 10.9 Å². The standard InChI is InChI=1S/C15H16N2O2/c1-10-4-3-5-11(2)14(10)19-13-8-6-12(7-9-13)15(16)17-18/h3-9,18H,1-2H3,(H2,16,17). The molecule has 2 aromatic rings. The average Bonchev–Trinajstić information content (AvgIpc) is 2.43. The first-order chi connectivity index (χ1) is 9.11. The highest BCUT2D eigenvalue weighted by atomic mass is 16.5. The minimum absolute atomic E-state index is 0.0821. The summed E-state index contributed by atoms with van der Waals surface area (Å²) in [6.07, 6.45) is 0. The zero-order chi connectivity index (χ0) is 13.8. The van der Waals surface area contributed by atoms with Crippen molar-refractivity contribution >= 4 is 5.84 Å². The predicted octanol–water partition coefficient (Wildman–Crippen LogP) is 3.19. The molecular formula is C15H16N2O2. The van der Waals surface area contributed by atoms with Gasteiger partial charge in [0.05, 0.1) is 0 Å². The molecule has 3 N–H and O–H groups in total. The van der Waals surface area contributed by atoms with Crippen LogP contribution in [0.4, 0.5) is 0 Å². The number of hydrogen-bond acceptors (Lipinski definition) is 3. The van der Waals surface area contributed by atoms with Gasteiger partial charge >= 0.3 is 0 Å². The Balaban J connectivity index is 2.25. The molecular weight excluding hydrogens is 240 g/mol. The van der Waals surface area contributed by atoms with Crippen molar-refractivity contribution < 1.29 is 9.94 Å². The molecule has 0 spiro atoms. The maximum atomic E-state index is 8.60. The van der Waals surface area contributed by atoms with Crippen LogP contribution >= 0.6 is 0 Å². The Morgan fingerprint density at radius 1 is 1.05 bits per heavy atom. The molecule has 0 atom stereocenters. The van der Waals surface area contributed by atoms with Crippen LogP contribution in [0.5, 0.6) is 11.5 Å². The van der Waals surface area contributed by atoms with Gasteiger partial charge in [0.15, 0.2) is 5.84 Å². The number of amidine groups is 1. The first-order valence-corrected chi connectivity index (χ1v) is 5.94. The van der Waals surface area contributed by atoms with E-state index in [-0.39, 0.29) is 5.84 Å². The lowest BCUT2D eigenvalue weighted by Crippen LogP contribution is -2.12. The topological polar surface area (TPSA) is 67.8 Å². The van der Waals surface area contributed by atoms with Gasteiger partial charge in [-0.15, -0.1) is 0 Å². The van der Waals surface area contributed by atoms with Gasteiger partial charge in [0.25, 0.3) is 0 Å². The second-order valence-electron chi connectivity index (χ2n) is 4.33. The Labute approximate surface area is 112 Å². The number of rotatable bonds is 3. The van der Waals surface area contributed by atoms with Gasteiger partial charge in [-0.05, 0) is 49.2 Å². The number of aryl methyl sites for hydroxylation is 2. The van der Waals surface area contributed by atoms with E-state index in [4.69, 9.17) is 15.7 Å². The minimum Gasteiger partial charge on any atom is -0.457 e. The fourth-order valence-corrected chi connectivity index (χ4v) is 1.83. The smallest absolute Gasteiger partial charge is 0.170 e. The van der Waals surface area contributed by atoms with E-state index in [1.807, 2.05) is 32.0 Å². The van der Waals surface area contributed by atoms with E-state index in [0.717, 1.165) is 16.9 Å². The molecule has 19 heavy (non-hydrogen) atoms. The second-order valence-corrected chi connectivity index (χ2v) is 4.33. The quantitative estimate of drug-likeness (QED) is 0.383. The van der Waals surface area contributed by atoms with Gasteiger partial charge in [0.1, 0.15) is 11.5 Å². The molecule has 0 radical (unpaired) electrons. The van der Waals surface area contributed by atoms with Crippen molar-refractivity contribution in [3.63, 3.8) is 0 Å². The lowest BCUT2D eigenvalue weighted by molar-refractivity contribution is 0.318. The molecule has 0 bridgehead atoms. The lowest BCUT2D eigenvalue weighted by Gasteiger charge is -2.11. The normalized spacial score (nSPS) is 11.4. The summed E-state index contributed by atoms with van der Waals surface area (Å²) in [6, 6.07) is 13.1. The monoisotopic (exact) mass is 256 g/mol. The van der Waals surface area contributed by atoms with Crippen LogP contribution in [0, 0.1) is 13.8 Å². The molecule has 0 heterocycles. The molecule has 4 heteroatoms. The van der Waals surface area contributed by atoms with Crippen molar-refractivity contribution in [3.05, 3.63) is 59.2 Å². The van der Waals surface area contributed by atoms with Crippen LogP contribution in [-0.4, -0.2) is 11.0 Å². The molecule has 0 aliphatic heterocycles. The molecule has 0 saturated heterocycles. The fourth-order valence-electron chi connectivity index (χ4n) is 1.83. The number of para-hydroxylation sites is 1. The van der Waals surface area contributed by atoms with Crippen molar-refractivity contribution in [3.8, 4) is 11.5 Å². The molecule has 0 saturated carbocycles. The van der Waals surface area contributed by atoms with Crippen LogP contribution in [0.3, 0.4) is 0 Å². The van der Waals surface area contributed by atoms with Crippen LogP contribution in [-0.2, 0) is 0 Å². The van der Waals surface area contributed by atoms with Gasteiger partial charge in [-0.2, -0.15) is 0 Å². The number of ether oxygens (including phenoxy) is 1. The largest absolute Gasteiger partial charge is 0.457 e. The number of oxime groups is 1. The summed E-state index contributed by atoms with van der Waals surface area (Å²) in [5.74, 6) is 1.66. The van der Waals surface area contributed by atoms with Crippen LogP contribution in [0.25, 0.3) is 0 Å². The molecule has 4 nitrogen and oxygen atoms in total. The van der Waals surface area contributed by atoms with Gasteiger partial charge in [0, 0.05) is 5.56 Å². The maximum Gasteiger partial charge on any atom is 0.170 e. The molecule has 2 rings (SSSR count). The van der Waals surface area contributed by atoms with Crippen molar-refractivity contribution in [2.45, 2.75) is 13.8 Å². The Kier molecular flexibility index (Phi) is 3.71. The highest BCUT2D eigenvalue weighted by Gasteiger charge is 2.05. The molecule has 98 valence electrons. The van der Waals surface area contributed by atoms with E-state index >= 15 is 0 Å². The molecule has 0 aromatic heterocycles. The maximum absolute atomic E-state index is 8.60. The number of nitrogens with zero attached hydrogens (tertiary/aromatic N) is 1. The number of hydrogen-bond donors (Lipinski definition) is 2. The summed E-state index contributed by atoms with van der Waals surface area (Å²) in [4.78, 5) is 0. The van der Waals surface area contributed by atoms with Crippen molar-refractivity contribution in [1.82, 2.24) is 0 Å². The average molecular weight is 256 g/mol. The lowest BCUT2D eigenvalue weighted by atomic mass is 10.1. The van der Waals surface area contributed by atoms with Gasteiger partial charge < -0.3 is 15.7 Å². The van der Waals surface area contributed by atoms with E-state index < -0.39 is 0 Å². The van der Waals surface area contributed by atoms with Crippen molar-refractivity contribution in [1.29, 1.82) is 0 Å². The summed E-state index contributed by atoms with van der Waals surface area (Å²) in [6.45, 7) is 4.01. The predicted molar refractivity (Wildman–Crippen MR) is 74.9 cm³/mol. The third-order valence-electron chi connectivity index (χ3n) is 2.89. The third kappa shape index (κ3) is 2.85. The van der Waals surface area contributed by atoms with E-state index in [2.05, 4.69) is 5.16 Å². The highest BCUT2D eigenvalue weighted by Crippen LogP contribution is 2.28. The van der Waals surface area contributed by atoms with Gasteiger partial charge in [-0.1, -0.05) is 23.4 Å². The van der Waals surface area contributed by atoms with Crippen molar-refractivity contribution in [2.75, 3.05) is 0 Å². The summed E-state index contributed by atoms with van der Waals surface area (Å²) in [7, 11) is 0. The van der Waals surface area contributed by atoms with E-state index in [9.17, 15) is 0 Å². The van der Waals surface area contributed by atoms with Gasteiger partial charge in [-0.25, -0.2) is 0 Å². The van der Waals surface area contributed by atoms with Crippen LogP contribution < -0.4 is 10.5 Å². The minimum atomic E-state index is 0.0821. The SMILES string of the molecule is Cc1cccc(C)c1Oc1ccc(C(N)=NO)cc1.